The second kappa shape index (κ2) is 3.68. The fraction of sp³-hybridized carbons (Fsp3) is 1.00. The summed E-state index contributed by atoms with van der Waals surface area (Å²) < 4.78 is 0. The molecule has 12 heavy (non-hydrogen) atoms. The summed E-state index contributed by atoms with van der Waals surface area (Å²) >= 11 is 0. The van der Waals surface area contributed by atoms with Crippen molar-refractivity contribution in [2.75, 3.05) is 6.61 Å². The maximum atomic E-state index is 11.0. The van der Waals surface area contributed by atoms with Crippen molar-refractivity contribution in [1.82, 2.24) is 0 Å². The zero-order chi connectivity index (χ0) is 9.30. The van der Waals surface area contributed by atoms with Crippen molar-refractivity contribution in [2.45, 2.75) is 30.8 Å². The van der Waals surface area contributed by atoms with Crippen molar-refractivity contribution in [1.29, 1.82) is 0 Å². The summed E-state index contributed by atoms with van der Waals surface area (Å²) in [5, 5.41) is 47.0. The third-order valence-corrected chi connectivity index (χ3v) is 2.33. The monoisotopic (exact) mass is 177 g/mol. The van der Waals surface area contributed by atoms with E-state index in [0.717, 1.165) is 0 Å². The van der Waals surface area contributed by atoms with Gasteiger partial charge in [-0.3, -0.25) is 0 Å². The van der Waals surface area contributed by atoms with Crippen LogP contribution in [0.2, 0.25) is 0 Å². The third-order valence-electron chi connectivity index (χ3n) is 2.33. The molecule has 72 valence electrons. The predicted molar refractivity (Wildman–Crippen MR) is 37.0 cm³/mol. The van der Waals surface area contributed by atoms with Crippen LogP contribution in [0.3, 0.4) is 0 Å². The number of aliphatic hydroxyl groups is 4. The zero-order valence-corrected chi connectivity index (χ0v) is 6.50. The van der Waals surface area contributed by atoms with Gasteiger partial charge < -0.3 is 25.5 Å². The van der Waals surface area contributed by atoms with E-state index in [0.29, 0.717) is 0 Å². The average Bonchev–Trinajstić information content (AvgIpc) is 2.08. The SMILES string of the molecule is [O-][C@@H]1CC(CO)[C@H](O)C(O)C1O. The summed E-state index contributed by atoms with van der Waals surface area (Å²) in [6.07, 6.45) is -5.38. The van der Waals surface area contributed by atoms with Crippen molar-refractivity contribution >= 4 is 0 Å². The first-order chi connectivity index (χ1) is 5.57. The first-order valence-corrected chi connectivity index (χ1v) is 3.88. The Bertz CT molecular complexity index is 146. The van der Waals surface area contributed by atoms with Gasteiger partial charge in [0.05, 0.1) is 12.2 Å². The van der Waals surface area contributed by atoms with E-state index in [4.69, 9.17) is 15.3 Å². The predicted octanol–water partition coefficient (Wildman–Crippen LogP) is -3.19. The summed E-state index contributed by atoms with van der Waals surface area (Å²) in [5.74, 6) is -0.620. The largest absolute Gasteiger partial charge is 0.850 e. The molecule has 1 rings (SSSR count). The van der Waals surface area contributed by atoms with Gasteiger partial charge in [0.1, 0.15) is 6.10 Å². The lowest BCUT2D eigenvalue weighted by atomic mass is 9.81. The van der Waals surface area contributed by atoms with E-state index in [1.54, 1.807) is 0 Å². The maximum Gasteiger partial charge on any atom is 0.105 e. The zero-order valence-electron chi connectivity index (χ0n) is 6.50. The van der Waals surface area contributed by atoms with Gasteiger partial charge in [0.2, 0.25) is 0 Å². The van der Waals surface area contributed by atoms with Crippen molar-refractivity contribution in [2.24, 2.45) is 5.92 Å². The van der Waals surface area contributed by atoms with Crippen molar-refractivity contribution in [3.05, 3.63) is 0 Å². The van der Waals surface area contributed by atoms with Gasteiger partial charge in [0.15, 0.2) is 0 Å². The van der Waals surface area contributed by atoms with E-state index in [-0.39, 0.29) is 13.0 Å². The molecule has 0 radical (unpaired) electrons. The lowest BCUT2D eigenvalue weighted by Crippen LogP contribution is -2.58. The highest BCUT2D eigenvalue weighted by molar-refractivity contribution is 4.91. The minimum atomic E-state index is -1.43. The molecule has 0 aromatic heterocycles. The van der Waals surface area contributed by atoms with Gasteiger partial charge in [-0.05, 0) is 0 Å². The molecular weight excluding hydrogens is 164 g/mol. The molecular formula is C7H13O5-. The van der Waals surface area contributed by atoms with Gasteiger partial charge in [-0.2, -0.15) is 0 Å². The Balaban J connectivity index is 2.63. The van der Waals surface area contributed by atoms with Gasteiger partial charge in [-0.15, -0.1) is 0 Å². The van der Waals surface area contributed by atoms with Gasteiger partial charge in [0.25, 0.3) is 0 Å². The standard InChI is InChI=1S/C7H13O5/c8-2-3-1-4(9)6(11)7(12)5(3)10/h3-8,10-12H,1-2H2/q-1/t3?,4-,5+,6?,7?/m1/s1. The van der Waals surface area contributed by atoms with Gasteiger partial charge in [-0.1, -0.05) is 12.5 Å². The second-order valence-electron chi connectivity index (χ2n) is 3.19. The van der Waals surface area contributed by atoms with Crippen LogP contribution >= 0.6 is 0 Å². The molecule has 0 spiro atoms. The first-order valence-electron chi connectivity index (χ1n) is 3.88. The fourth-order valence-electron chi connectivity index (χ4n) is 1.46. The minimum absolute atomic E-state index is 0.00407. The van der Waals surface area contributed by atoms with E-state index in [1.807, 2.05) is 0 Å². The average molecular weight is 177 g/mol. The van der Waals surface area contributed by atoms with Crippen LogP contribution in [0.1, 0.15) is 6.42 Å². The summed E-state index contributed by atoms with van der Waals surface area (Å²) in [7, 11) is 0. The van der Waals surface area contributed by atoms with Crippen LogP contribution in [0.15, 0.2) is 0 Å². The molecule has 0 aliphatic heterocycles. The first kappa shape index (κ1) is 9.88. The normalized spacial score (nSPS) is 49.2. The molecule has 1 saturated carbocycles. The summed E-state index contributed by atoms with van der Waals surface area (Å²) in [6, 6.07) is 0. The van der Waals surface area contributed by atoms with Crippen LogP contribution in [0.5, 0.6) is 0 Å². The van der Waals surface area contributed by atoms with Crippen molar-refractivity contribution in [3.63, 3.8) is 0 Å². The Morgan fingerprint density at radius 2 is 1.67 bits per heavy atom. The highest BCUT2D eigenvalue weighted by Gasteiger charge is 2.37. The molecule has 4 N–H and O–H groups in total. The molecule has 0 bridgehead atoms. The van der Waals surface area contributed by atoms with Crippen LogP contribution < -0.4 is 5.11 Å². The number of rotatable bonds is 1. The second-order valence-corrected chi connectivity index (χ2v) is 3.19. The van der Waals surface area contributed by atoms with Crippen LogP contribution in [0, 0.1) is 5.92 Å². The highest BCUT2D eigenvalue weighted by Crippen LogP contribution is 2.23. The lowest BCUT2D eigenvalue weighted by Gasteiger charge is -2.43. The molecule has 1 aliphatic rings. The molecule has 0 amide bonds. The van der Waals surface area contributed by atoms with E-state index >= 15 is 0 Å². The molecule has 0 heterocycles. The van der Waals surface area contributed by atoms with Gasteiger partial charge in [-0.25, -0.2) is 0 Å². The van der Waals surface area contributed by atoms with Crippen molar-refractivity contribution in [3.8, 4) is 0 Å². The van der Waals surface area contributed by atoms with Gasteiger partial charge in [0, 0.05) is 12.5 Å². The van der Waals surface area contributed by atoms with Gasteiger partial charge >= 0.3 is 0 Å². The molecule has 0 aromatic carbocycles. The van der Waals surface area contributed by atoms with Crippen LogP contribution in [-0.2, 0) is 0 Å². The molecule has 5 atom stereocenters. The Morgan fingerprint density at radius 3 is 2.17 bits per heavy atom. The Kier molecular flexibility index (Phi) is 3.03. The topological polar surface area (TPSA) is 104 Å². The molecule has 1 aliphatic carbocycles. The molecule has 5 nitrogen and oxygen atoms in total. The third kappa shape index (κ3) is 1.60. The van der Waals surface area contributed by atoms with E-state index < -0.39 is 30.3 Å². The summed E-state index contributed by atoms with van der Waals surface area (Å²) in [6.45, 7) is -0.344. The van der Waals surface area contributed by atoms with Crippen LogP contribution in [0.4, 0.5) is 0 Å². The number of aliphatic hydroxyl groups excluding tert-OH is 4. The molecule has 1 fully saturated rings. The fourth-order valence-corrected chi connectivity index (χ4v) is 1.46. The molecule has 5 heteroatoms. The van der Waals surface area contributed by atoms with E-state index in [1.165, 1.54) is 0 Å². The van der Waals surface area contributed by atoms with Crippen LogP contribution in [-0.4, -0.2) is 51.4 Å². The Labute approximate surface area is 69.9 Å². The summed E-state index contributed by atoms with van der Waals surface area (Å²) in [5.41, 5.74) is 0. The van der Waals surface area contributed by atoms with Crippen molar-refractivity contribution < 1.29 is 25.5 Å². The highest BCUT2D eigenvalue weighted by atomic mass is 16.4. The minimum Gasteiger partial charge on any atom is -0.850 e. The van der Waals surface area contributed by atoms with E-state index in [2.05, 4.69) is 0 Å². The van der Waals surface area contributed by atoms with Crippen LogP contribution in [0.25, 0.3) is 0 Å². The lowest BCUT2D eigenvalue weighted by molar-refractivity contribution is -0.455. The Hall–Kier alpha value is -0.200. The maximum absolute atomic E-state index is 11.0. The molecule has 3 unspecified atom stereocenters. The quantitative estimate of drug-likeness (QED) is 0.338. The molecule has 0 saturated heterocycles. The Morgan fingerprint density at radius 1 is 1.08 bits per heavy atom. The molecule has 0 aromatic rings. The smallest absolute Gasteiger partial charge is 0.105 e. The number of hydrogen-bond acceptors (Lipinski definition) is 5. The van der Waals surface area contributed by atoms with E-state index in [9.17, 15) is 10.2 Å². The summed E-state index contributed by atoms with van der Waals surface area (Å²) in [4.78, 5) is 0. The number of hydrogen-bond donors (Lipinski definition) is 4.